The van der Waals surface area contributed by atoms with Crippen molar-refractivity contribution in [3.8, 4) is 0 Å². The van der Waals surface area contributed by atoms with E-state index in [1.807, 2.05) is 7.05 Å². The van der Waals surface area contributed by atoms with E-state index >= 15 is 0 Å². The zero-order valence-corrected chi connectivity index (χ0v) is 13.2. The standard InChI is InChI=1S/C15H25N3S/c1-12(2)9-10-17-15(16-3)18-11-13-5-7-14(19-4)8-6-13/h5-8,12H,9-11H2,1-4H3,(H2,16,17,18). The molecular weight excluding hydrogens is 254 g/mol. The highest BCUT2D eigenvalue weighted by Crippen LogP contribution is 2.14. The van der Waals surface area contributed by atoms with Crippen molar-refractivity contribution in [2.45, 2.75) is 31.7 Å². The highest BCUT2D eigenvalue weighted by molar-refractivity contribution is 7.98. The molecule has 1 aromatic rings. The largest absolute Gasteiger partial charge is 0.356 e. The Morgan fingerprint density at radius 2 is 1.89 bits per heavy atom. The summed E-state index contributed by atoms with van der Waals surface area (Å²) in [7, 11) is 1.81. The average molecular weight is 279 g/mol. The Kier molecular flexibility index (Phi) is 7.41. The van der Waals surface area contributed by atoms with Gasteiger partial charge in [-0.05, 0) is 36.3 Å². The molecule has 3 nitrogen and oxygen atoms in total. The molecule has 0 amide bonds. The monoisotopic (exact) mass is 279 g/mol. The normalized spacial score (nSPS) is 11.7. The summed E-state index contributed by atoms with van der Waals surface area (Å²) in [6.07, 6.45) is 3.25. The van der Waals surface area contributed by atoms with Gasteiger partial charge in [0.1, 0.15) is 0 Å². The maximum atomic E-state index is 4.22. The fourth-order valence-electron chi connectivity index (χ4n) is 1.63. The summed E-state index contributed by atoms with van der Waals surface area (Å²) in [6, 6.07) is 8.60. The number of rotatable bonds is 6. The molecule has 19 heavy (non-hydrogen) atoms. The van der Waals surface area contributed by atoms with Crippen LogP contribution in [-0.4, -0.2) is 25.8 Å². The molecule has 0 heterocycles. The van der Waals surface area contributed by atoms with E-state index < -0.39 is 0 Å². The van der Waals surface area contributed by atoms with Crippen molar-refractivity contribution in [2.24, 2.45) is 10.9 Å². The minimum Gasteiger partial charge on any atom is -0.356 e. The second-order valence-corrected chi connectivity index (χ2v) is 5.76. The second-order valence-electron chi connectivity index (χ2n) is 4.88. The van der Waals surface area contributed by atoms with Gasteiger partial charge < -0.3 is 10.6 Å². The van der Waals surface area contributed by atoms with Gasteiger partial charge in [-0.1, -0.05) is 26.0 Å². The molecular formula is C15H25N3S. The molecule has 0 unspecified atom stereocenters. The van der Waals surface area contributed by atoms with Gasteiger partial charge in [-0.3, -0.25) is 4.99 Å². The third-order valence-electron chi connectivity index (χ3n) is 2.86. The number of aliphatic imine (C=N–C) groups is 1. The Morgan fingerprint density at radius 3 is 2.42 bits per heavy atom. The zero-order valence-electron chi connectivity index (χ0n) is 12.4. The van der Waals surface area contributed by atoms with E-state index in [9.17, 15) is 0 Å². The van der Waals surface area contributed by atoms with Crippen molar-refractivity contribution < 1.29 is 0 Å². The van der Waals surface area contributed by atoms with Crippen molar-refractivity contribution in [3.05, 3.63) is 29.8 Å². The number of nitrogens with zero attached hydrogens (tertiary/aromatic N) is 1. The van der Waals surface area contributed by atoms with E-state index in [1.165, 1.54) is 10.5 Å². The highest BCUT2D eigenvalue weighted by atomic mass is 32.2. The van der Waals surface area contributed by atoms with Gasteiger partial charge >= 0.3 is 0 Å². The number of guanidine groups is 1. The number of hydrogen-bond acceptors (Lipinski definition) is 2. The summed E-state index contributed by atoms with van der Waals surface area (Å²) >= 11 is 1.76. The number of benzene rings is 1. The molecule has 0 aromatic heterocycles. The van der Waals surface area contributed by atoms with Crippen LogP contribution in [0.5, 0.6) is 0 Å². The van der Waals surface area contributed by atoms with Gasteiger partial charge in [-0.15, -0.1) is 11.8 Å². The third-order valence-corrected chi connectivity index (χ3v) is 3.60. The Morgan fingerprint density at radius 1 is 1.21 bits per heavy atom. The summed E-state index contributed by atoms with van der Waals surface area (Å²) in [4.78, 5) is 5.52. The first kappa shape index (κ1) is 15.9. The lowest BCUT2D eigenvalue weighted by Crippen LogP contribution is -2.37. The Labute approximate surface area is 121 Å². The van der Waals surface area contributed by atoms with Gasteiger partial charge in [-0.2, -0.15) is 0 Å². The maximum Gasteiger partial charge on any atom is 0.191 e. The van der Waals surface area contributed by atoms with E-state index in [0.717, 1.165) is 25.5 Å². The van der Waals surface area contributed by atoms with Gasteiger partial charge in [-0.25, -0.2) is 0 Å². The van der Waals surface area contributed by atoms with Crippen LogP contribution in [0.15, 0.2) is 34.2 Å². The molecule has 0 radical (unpaired) electrons. The molecule has 0 atom stereocenters. The predicted octanol–water partition coefficient (Wildman–Crippen LogP) is 3.12. The predicted molar refractivity (Wildman–Crippen MR) is 85.9 cm³/mol. The van der Waals surface area contributed by atoms with Crippen LogP contribution in [0.2, 0.25) is 0 Å². The molecule has 0 aliphatic rings. The second kappa shape index (κ2) is 8.86. The minimum atomic E-state index is 0.713. The lowest BCUT2D eigenvalue weighted by molar-refractivity contribution is 0.573. The number of thioether (sulfide) groups is 1. The van der Waals surface area contributed by atoms with E-state index in [2.05, 4.69) is 60.0 Å². The lowest BCUT2D eigenvalue weighted by Gasteiger charge is -2.13. The van der Waals surface area contributed by atoms with E-state index in [1.54, 1.807) is 11.8 Å². The van der Waals surface area contributed by atoms with Crippen LogP contribution >= 0.6 is 11.8 Å². The molecule has 0 fully saturated rings. The average Bonchev–Trinajstić information content (AvgIpc) is 2.42. The molecule has 106 valence electrons. The third kappa shape index (κ3) is 6.53. The van der Waals surface area contributed by atoms with Gasteiger partial charge in [0.05, 0.1) is 0 Å². The Bertz CT molecular complexity index is 385. The van der Waals surface area contributed by atoms with Crippen molar-refractivity contribution in [1.82, 2.24) is 10.6 Å². The minimum absolute atomic E-state index is 0.713. The summed E-state index contributed by atoms with van der Waals surface area (Å²) in [5, 5.41) is 6.66. The quantitative estimate of drug-likeness (QED) is 0.477. The highest BCUT2D eigenvalue weighted by Gasteiger charge is 1.99. The maximum absolute atomic E-state index is 4.22. The van der Waals surface area contributed by atoms with Gasteiger partial charge in [0.2, 0.25) is 0 Å². The van der Waals surface area contributed by atoms with Crippen LogP contribution in [0, 0.1) is 5.92 Å². The van der Waals surface area contributed by atoms with Gasteiger partial charge in [0.15, 0.2) is 5.96 Å². The Hall–Kier alpha value is -1.16. The van der Waals surface area contributed by atoms with E-state index in [4.69, 9.17) is 0 Å². The first-order valence-corrected chi connectivity index (χ1v) is 7.95. The molecule has 0 saturated heterocycles. The molecule has 0 bridgehead atoms. The fraction of sp³-hybridized carbons (Fsp3) is 0.533. The molecule has 1 aromatic carbocycles. The number of nitrogens with one attached hydrogen (secondary N) is 2. The first-order valence-electron chi connectivity index (χ1n) is 6.73. The van der Waals surface area contributed by atoms with Crippen LogP contribution < -0.4 is 10.6 Å². The van der Waals surface area contributed by atoms with Crippen molar-refractivity contribution in [2.75, 3.05) is 19.8 Å². The lowest BCUT2D eigenvalue weighted by atomic mass is 10.1. The van der Waals surface area contributed by atoms with E-state index in [-0.39, 0.29) is 0 Å². The molecule has 0 spiro atoms. The van der Waals surface area contributed by atoms with Crippen LogP contribution in [-0.2, 0) is 6.54 Å². The SMILES string of the molecule is CN=C(NCCC(C)C)NCc1ccc(SC)cc1. The summed E-state index contributed by atoms with van der Waals surface area (Å²) < 4.78 is 0. The topological polar surface area (TPSA) is 36.4 Å². The van der Waals surface area contributed by atoms with Crippen LogP contribution in [0.4, 0.5) is 0 Å². The molecule has 4 heteroatoms. The zero-order chi connectivity index (χ0) is 14.1. The molecule has 0 saturated carbocycles. The smallest absolute Gasteiger partial charge is 0.191 e. The van der Waals surface area contributed by atoms with Crippen LogP contribution in [0.25, 0.3) is 0 Å². The van der Waals surface area contributed by atoms with Gasteiger partial charge in [0.25, 0.3) is 0 Å². The molecule has 0 aliphatic carbocycles. The number of hydrogen-bond donors (Lipinski definition) is 2. The summed E-state index contributed by atoms with van der Waals surface area (Å²) in [5.74, 6) is 1.58. The van der Waals surface area contributed by atoms with Crippen LogP contribution in [0.1, 0.15) is 25.8 Å². The molecule has 0 aliphatic heterocycles. The van der Waals surface area contributed by atoms with Crippen molar-refractivity contribution in [3.63, 3.8) is 0 Å². The molecule has 2 N–H and O–H groups in total. The van der Waals surface area contributed by atoms with Crippen molar-refractivity contribution in [1.29, 1.82) is 0 Å². The summed E-state index contributed by atoms with van der Waals surface area (Å²) in [5.41, 5.74) is 1.27. The first-order chi connectivity index (χ1) is 9.15. The van der Waals surface area contributed by atoms with Crippen LogP contribution in [0.3, 0.4) is 0 Å². The Balaban J connectivity index is 2.36. The van der Waals surface area contributed by atoms with Gasteiger partial charge in [0, 0.05) is 25.0 Å². The van der Waals surface area contributed by atoms with Crippen molar-refractivity contribution >= 4 is 17.7 Å². The molecule has 1 rings (SSSR count). The fourth-order valence-corrected chi connectivity index (χ4v) is 2.04. The van der Waals surface area contributed by atoms with E-state index in [0.29, 0.717) is 5.92 Å². The summed E-state index contributed by atoms with van der Waals surface area (Å²) in [6.45, 7) is 6.22.